The average molecular weight is 304 g/mol. The van der Waals surface area contributed by atoms with Gasteiger partial charge in [-0.05, 0) is 30.7 Å². The van der Waals surface area contributed by atoms with Gasteiger partial charge < -0.3 is 4.57 Å². The number of aryl methyl sites for hydroxylation is 3. The lowest BCUT2D eigenvalue weighted by atomic mass is 10.2. The molecule has 2 aromatic heterocycles. The first-order valence-corrected chi connectivity index (χ1v) is 7.33. The first kappa shape index (κ1) is 14.0. The summed E-state index contributed by atoms with van der Waals surface area (Å²) in [7, 11) is 0. The van der Waals surface area contributed by atoms with Gasteiger partial charge >= 0.3 is 0 Å². The first-order valence-electron chi connectivity index (χ1n) is 6.80. The van der Waals surface area contributed by atoms with Crippen molar-refractivity contribution >= 4 is 22.6 Å². The third-order valence-corrected chi connectivity index (χ3v) is 3.78. The zero-order valence-corrected chi connectivity index (χ0v) is 12.4. The summed E-state index contributed by atoms with van der Waals surface area (Å²) < 4.78 is 15.7. The number of fused-ring (bicyclic) bond motifs is 1. The monoisotopic (exact) mass is 303 g/mol. The standard InChI is InChI=1S/C16H15ClFN3/c1-11-8-15-14(9-13(11)18)20-16(10-17)21(15)7-5-12-4-2-3-6-19-12/h2-4,6,8-9H,5,7,10H2,1H3. The molecule has 0 spiro atoms. The molecule has 0 saturated heterocycles. The zero-order chi connectivity index (χ0) is 14.8. The summed E-state index contributed by atoms with van der Waals surface area (Å²) in [6.07, 6.45) is 2.57. The lowest BCUT2D eigenvalue weighted by Crippen LogP contribution is -2.06. The number of aromatic nitrogens is 3. The zero-order valence-electron chi connectivity index (χ0n) is 11.7. The maximum absolute atomic E-state index is 13.7. The minimum atomic E-state index is -0.238. The maximum atomic E-state index is 13.7. The molecule has 0 aliphatic carbocycles. The van der Waals surface area contributed by atoms with E-state index in [4.69, 9.17) is 11.6 Å². The summed E-state index contributed by atoms with van der Waals surface area (Å²) in [6, 6.07) is 9.15. The Morgan fingerprint density at radius 1 is 1.29 bits per heavy atom. The van der Waals surface area contributed by atoms with Crippen LogP contribution in [0.1, 0.15) is 17.1 Å². The third-order valence-electron chi connectivity index (χ3n) is 3.54. The van der Waals surface area contributed by atoms with E-state index in [2.05, 4.69) is 9.97 Å². The maximum Gasteiger partial charge on any atom is 0.128 e. The van der Waals surface area contributed by atoms with Crippen molar-refractivity contribution in [3.8, 4) is 0 Å². The van der Waals surface area contributed by atoms with Crippen LogP contribution >= 0.6 is 11.6 Å². The van der Waals surface area contributed by atoms with Gasteiger partial charge in [-0.25, -0.2) is 9.37 Å². The third kappa shape index (κ3) is 2.76. The molecule has 0 bridgehead atoms. The van der Waals surface area contributed by atoms with Crippen LogP contribution in [-0.2, 0) is 18.8 Å². The fourth-order valence-electron chi connectivity index (χ4n) is 2.42. The van der Waals surface area contributed by atoms with Crippen molar-refractivity contribution in [1.82, 2.24) is 14.5 Å². The molecule has 0 aliphatic heterocycles. The topological polar surface area (TPSA) is 30.7 Å². The van der Waals surface area contributed by atoms with Gasteiger partial charge in [0.25, 0.3) is 0 Å². The summed E-state index contributed by atoms with van der Waals surface area (Å²) in [6.45, 7) is 2.48. The molecule has 108 valence electrons. The average Bonchev–Trinajstić information content (AvgIpc) is 2.83. The summed E-state index contributed by atoms with van der Waals surface area (Å²) in [4.78, 5) is 8.73. The summed E-state index contributed by atoms with van der Waals surface area (Å²) in [5, 5.41) is 0. The highest BCUT2D eigenvalue weighted by Gasteiger charge is 2.12. The Labute approximate surface area is 127 Å². The lowest BCUT2D eigenvalue weighted by molar-refractivity contribution is 0.620. The first-order chi connectivity index (χ1) is 10.2. The van der Waals surface area contributed by atoms with Gasteiger partial charge in [-0.15, -0.1) is 11.6 Å². The second-order valence-corrected chi connectivity index (χ2v) is 5.24. The molecule has 0 aliphatic rings. The molecule has 0 atom stereocenters. The van der Waals surface area contributed by atoms with Crippen LogP contribution in [0.25, 0.3) is 11.0 Å². The molecule has 2 heterocycles. The lowest BCUT2D eigenvalue weighted by Gasteiger charge is -2.08. The normalized spacial score (nSPS) is 11.2. The number of benzene rings is 1. The number of alkyl halides is 1. The van der Waals surface area contributed by atoms with Crippen LogP contribution in [0.15, 0.2) is 36.5 Å². The van der Waals surface area contributed by atoms with E-state index in [0.717, 1.165) is 30.0 Å². The SMILES string of the molecule is Cc1cc2c(cc1F)nc(CCl)n2CCc1ccccn1. The van der Waals surface area contributed by atoms with E-state index >= 15 is 0 Å². The van der Waals surface area contributed by atoms with Crippen molar-refractivity contribution in [3.63, 3.8) is 0 Å². The highest BCUT2D eigenvalue weighted by Crippen LogP contribution is 2.21. The van der Waals surface area contributed by atoms with Gasteiger partial charge in [0.05, 0.1) is 16.9 Å². The minimum absolute atomic E-state index is 0.238. The van der Waals surface area contributed by atoms with E-state index in [-0.39, 0.29) is 5.82 Å². The molecule has 0 amide bonds. The molecular formula is C16H15ClFN3. The fourth-order valence-corrected chi connectivity index (χ4v) is 2.63. The number of halogens is 2. The van der Waals surface area contributed by atoms with Gasteiger partial charge in [0, 0.05) is 30.9 Å². The number of pyridine rings is 1. The molecule has 0 radical (unpaired) electrons. The van der Waals surface area contributed by atoms with Gasteiger partial charge in [0.2, 0.25) is 0 Å². The van der Waals surface area contributed by atoms with E-state index in [1.54, 1.807) is 13.1 Å². The number of hydrogen-bond donors (Lipinski definition) is 0. The van der Waals surface area contributed by atoms with Gasteiger partial charge in [0.1, 0.15) is 11.6 Å². The van der Waals surface area contributed by atoms with Crippen LogP contribution in [-0.4, -0.2) is 14.5 Å². The van der Waals surface area contributed by atoms with Crippen molar-refractivity contribution in [2.75, 3.05) is 0 Å². The molecule has 0 saturated carbocycles. The van der Waals surface area contributed by atoms with Gasteiger partial charge in [-0.1, -0.05) is 6.07 Å². The summed E-state index contributed by atoms with van der Waals surface area (Å²) in [5.41, 5.74) is 3.19. The van der Waals surface area contributed by atoms with Crippen LogP contribution in [0.2, 0.25) is 0 Å². The van der Waals surface area contributed by atoms with Crippen molar-refractivity contribution in [1.29, 1.82) is 0 Å². The molecule has 0 unspecified atom stereocenters. The van der Waals surface area contributed by atoms with Crippen molar-refractivity contribution in [2.45, 2.75) is 25.8 Å². The van der Waals surface area contributed by atoms with Crippen LogP contribution in [0.5, 0.6) is 0 Å². The predicted octanol–water partition coefficient (Wildman–Crippen LogP) is 3.86. The Hall–Kier alpha value is -1.94. The largest absolute Gasteiger partial charge is 0.327 e. The quantitative estimate of drug-likeness (QED) is 0.685. The second kappa shape index (κ2) is 5.82. The minimum Gasteiger partial charge on any atom is -0.327 e. The van der Waals surface area contributed by atoms with Crippen molar-refractivity contribution < 1.29 is 4.39 Å². The Kier molecular flexibility index (Phi) is 3.88. The van der Waals surface area contributed by atoms with Crippen LogP contribution < -0.4 is 0 Å². The number of nitrogens with zero attached hydrogens (tertiary/aromatic N) is 3. The highest BCUT2D eigenvalue weighted by molar-refractivity contribution is 6.16. The van der Waals surface area contributed by atoms with Crippen LogP contribution in [0.4, 0.5) is 4.39 Å². The summed E-state index contributed by atoms with van der Waals surface area (Å²) >= 11 is 5.97. The van der Waals surface area contributed by atoms with E-state index in [0.29, 0.717) is 17.0 Å². The van der Waals surface area contributed by atoms with Crippen LogP contribution in [0.3, 0.4) is 0 Å². The number of hydrogen-bond acceptors (Lipinski definition) is 2. The molecule has 0 fully saturated rings. The van der Waals surface area contributed by atoms with Crippen LogP contribution in [0, 0.1) is 12.7 Å². The number of rotatable bonds is 4. The molecule has 3 aromatic rings. The smallest absolute Gasteiger partial charge is 0.128 e. The Bertz CT molecular complexity index is 768. The Balaban J connectivity index is 1.98. The molecular weight excluding hydrogens is 289 g/mol. The van der Waals surface area contributed by atoms with E-state index in [1.165, 1.54) is 6.07 Å². The van der Waals surface area contributed by atoms with E-state index in [1.807, 2.05) is 28.8 Å². The summed E-state index contributed by atoms with van der Waals surface area (Å²) in [5.74, 6) is 0.822. The van der Waals surface area contributed by atoms with Gasteiger partial charge in [-0.3, -0.25) is 4.98 Å². The Morgan fingerprint density at radius 2 is 2.14 bits per heavy atom. The second-order valence-electron chi connectivity index (χ2n) is 4.97. The predicted molar refractivity (Wildman–Crippen MR) is 81.9 cm³/mol. The van der Waals surface area contributed by atoms with E-state index < -0.39 is 0 Å². The number of imidazole rings is 1. The molecule has 3 rings (SSSR count). The van der Waals surface area contributed by atoms with E-state index in [9.17, 15) is 4.39 Å². The van der Waals surface area contributed by atoms with Gasteiger partial charge in [0.15, 0.2) is 0 Å². The molecule has 21 heavy (non-hydrogen) atoms. The van der Waals surface area contributed by atoms with Crippen molar-refractivity contribution in [3.05, 3.63) is 59.4 Å². The Morgan fingerprint density at radius 3 is 2.86 bits per heavy atom. The molecule has 0 N–H and O–H groups in total. The van der Waals surface area contributed by atoms with Gasteiger partial charge in [-0.2, -0.15) is 0 Å². The fraction of sp³-hybridized carbons (Fsp3) is 0.250. The molecule has 3 nitrogen and oxygen atoms in total. The highest BCUT2D eigenvalue weighted by atomic mass is 35.5. The van der Waals surface area contributed by atoms with Crippen molar-refractivity contribution in [2.24, 2.45) is 0 Å². The molecule has 5 heteroatoms. The molecule has 1 aromatic carbocycles.